The number of halogens is 2. The Morgan fingerprint density at radius 3 is 1.24 bits per heavy atom. The van der Waals surface area contributed by atoms with Gasteiger partial charge in [-0.15, -0.1) is 0 Å². The quantitative estimate of drug-likeness (QED) is 0.370. The van der Waals surface area contributed by atoms with Crippen molar-refractivity contribution in [1.29, 1.82) is 0 Å². The third-order valence-electron chi connectivity index (χ3n) is 4.49. The molecule has 0 aliphatic carbocycles. The summed E-state index contributed by atoms with van der Waals surface area (Å²) in [5.74, 6) is 0. The van der Waals surface area contributed by atoms with Crippen molar-refractivity contribution in [2.75, 3.05) is 0 Å². The Kier molecular flexibility index (Phi) is 19.5. The molecule has 0 saturated heterocycles. The van der Waals surface area contributed by atoms with E-state index < -0.39 is 0 Å². The van der Waals surface area contributed by atoms with Crippen molar-refractivity contribution in [3.05, 3.63) is 57.6 Å². The summed E-state index contributed by atoms with van der Waals surface area (Å²) in [6.45, 7) is 13.2. The van der Waals surface area contributed by atoms with E-state index in [1.165, 1.54) is 71.9 Å². The van der Waals surface area contributed by atoms with Gasteiger partial charge in [0.1, 0.15) is 0 Å². The van der Waals surface area contributed by atoms with Crippen LogP contribution in [0.2, 0.25) is 0 Å². The minimum atomic E-state index is 0. The Bertz CT molecular complexity index is 463. The molecule has 0 aliphatic heterocycles. The molecule has 2 aromatic rings. The van der Waals surface area contributed by atoms with Crippen LogP contribution in [0.3, 0.4) is 0 Å². The van der Waals surface area contributed by atoms with Crippen LogP contribution in [0.5, 0.6) is 0 Å². The van der Waals surface area contributed by atoms with Crippen LogP contribution < -0.4 is 24.8 Å². The molecule has 0 N–H and O–H groups in total. The first-order valence-electron chi connectivity index (χ1n) is 8.93. The number of unbranched alkanes of at least 4 members (excludes halogenated alkanes) is 2. The van der Waals surface area contributed by atoms with Crippen LogP contribution in [0, 0.1) is 27.7 Å². The predicted octanol–water partition coefficient (Wildman–Crippen LogP) is 0.735. The first-order valence-corrected chi connectivity index (χ1v) is 8.93. The molecule has 3 heteroatoms. The monoisotopic (exact) mass is 548 g/mol. The molecular weight excluding hydrogens is 514 g/mol. The Labute approximate surface area is 187 Å². The van der Waals surface area contributed by atoms with Crippen LogP contribution in [-0.2, 0) is 38.7 Å². The molecule has 25 heavy (non-hydrogen) atoms. The molecular formula is C22H34Cl2Hf. The molecule has 2 aromatic carbocycles. The van der Waals surface area contributed by atoms with Crippen LogP contribution in [0.4, 0.5) is 0 Å². The van der Waals surface area contributed by atoms with Gasteiger partial charge in [0.2, 0.25) is 0 Å². The van der Waals surface area contributed by atoms with Crippen molar-refractivity contribution in [3.8, 4) is 0 Å². The topological polar surface area (TPSA) is 0 Å². The summed E-state index contributed by atoms with van der Waals surface area (Å²) >= 11 is 0. The Balaban J connectivity index is -0.000000346. The van der Waals surface area contributed by atoms with Gasteiger partial charge in [-0.05, 0) is 0 Å². The van der Waals surface area contributed by atoms with E-state index in [1.807, 2.05) is 0 Å². The maximum absolute atomic E-state index is 2.31. The number of rotatable bonds is 6. The second kappa shape index (κ2) is 16.3. The molecule has 0 aliphatic rings. The standard InChI is InChI=1S/2C11H17.2ClH.Hf/c2*1-4-5-6-11-7-9(2)10(3)8-11;;;/h2*7-8H,4-6H2,1-3H3;2*1H;/q2*-1;;;+4/p-2. The summed E-state index contributed by atoms with van der Waals surface area (Å²) in [6, 6.07) is 9.24. The van der Waals surface area contributed by atoms with Crippen molar-refractivity contribution in [3.63, 3.8) is 0 Å². The summed E-state index contributed by atoms with van der Waals surface area (Å²) < 4.78 is 0. The zero-order valence-electron chi connectivity index (χ0n) is 16.8. The van der Waals surface area contributed by atoms with Crippen molar-refractivity contribution < 1.29 is 50.7 Å². The van der Waals surface area contributed by atoms with E-state index in [4.69, 9.17) is 0 Å². The zero-order valence-corrected chi connectivity index (χ0v) is 21.9. The van der Waals surface area contributed by atoms with Gasteiger partial charge in [-0.25, -0.2) is 12.1 Å². The molecule has 0 amide bonds. The fourth-order valence-electron chi connectivity index (χ4n) is 2.70. The van der Waals surface area contributed by atoms with Crippen molar-refractivity contribution in [2.45, 2.75) is 80.1 Å². The van der Waals surface area contributed by atoms with Gasteiger partial charge in [0.25, 0.3) is 0 Å². The van der Waals surface area contributed by atoms with Gasteiger partial charge in [0, 0.05) is 0 Å². The van der Waals surface area contributed by atoms with Crippen LogP contribution in [0.1, 0.15) is 72.9 Å². The number of hydrogen-bond donors (Lipinski definition) is 0. The SMILES string of the molecule is CCCCc1cc(C)[c-](C)c1.CCCCc1cc(C)[c-](C)c1.[Cl-].[Cl-].[Hf+4]. The fraction of sp³-hybridized carbons (Fsp3) is 0.545. The summed E-state index contributed by atoms with van der Waals surface area (Å²) in [5, 5.41) is 0. The fourth-order valence-corrected chi connectivity index (χ4v) is 2.70. The first kappa shape index (κ1) is 29.9. The van der Waals surface area contributed by atoms with Gasteiger partial charge in [0.15, 0.2) is 0 Å². The van der Waals surface area contributed by atoms with E-state index in [0.29, 0.717) is 0 Å². The van der Waals surface area contributed by atoms with E-state index in [9.17, 15) is 0 Å². The first-order chi connectivity index (χ1) is 10.5. The minimum absolute atomic E-state index is 0. The third kappa shape index (κ3) is 11.5. The summed E-state index contributed by atoms with van der Waals surface area (Å²) in [6.07, 6.45) is 7.74. The van der Waals surface area contributed by atoms with Crippen LogP contribution in [0.15, 0.2) is 24.3 Å². The molecule has 0 nitrogen and oxygen atoms in total. The van der Waals surface area contributed by atoms with Gasteiger partial charge in [0.05, 0.1) is 0 Å². The summed E-state index contributed by atoms with van der Waals surface area (Å²) in [5.41, 5.74) is 8.79. The van der Waals surface area contributed by atoms with Crippen LogP contribution in [-0.4, -0.2) is 0 Å². The van der Waals surface area contributed by atoms with Crippen molar-refractivity contribution >= 4 is 0 Å². The number of aryl methyl sites for hydroxylation is 6. The Morgan fingerprint density at radius 1 is 0.720 bits per heavy atom. The molecule has 0 unspecified atom stereocenters. The van der Waals surface area contributed by atoms with E-state index >= 15 is 0 Å². The second-order valence-electron chi connectivity index (χ2n) is 6.67. The van der Waals surface area contributed by atoms with Gasteiger partial charge in [-0.2, -0.15) is 45.5 Å². The summed E-state index contributed by atoms with van der Waals surface area (Å²) in [4.78, 5) is 0. The molecule has 0 fully saturated rings. The average molecular weight is 548 g/mol. The molecule has 2 rings (SSSR count). The normalized spacial score (nSPS) is 9.20. The van der Waals surface area contributed by atoms with Gasteiger partial charge in [-0.3, -0.25) is 0 Å². The van der Waals surface area contributed by atoms with E-state index in [-0.39, 0.29) is 50.7 Å². The molecule has 0 aromatic heterocycles. The third-order valence-corrected chi connectivity index (χ3v) is 4.49. The molecule has 0 radical (unpaired) electrons. The van der Waals surface area contributed by atoms with Crippen LogP contribution >= 0.6 is 0 Å². The van der Waals surface area contributed by atoms with E-state index in [1.54, 1.807) is 0 Å². The van der Waals surface area contributed by atoms with Crippen LogP contribution in [0.25, 0.3) is 0 Å². The Hall–Kier alpha value is 0.150. The molecule has 0 saturated carbocycles. The summed E-state index contributed by atoms with van der Waals surface area (Å²) in [7, 11) is 0. The van der Waals surface area contributed by atoms with Gasteiger partial charge >= 0.3 is 25.8 Å². The predicted molar refractivity (Wildman–Crippen MR) is 100 cm³/mol. The number of hydrogen-bond acceptors (Lipinski definition) is 0. The average Bonchev–Trinajstić information content (AvgIpc) is 2.98. The van der Waals surface area contributed by atoms with Crippen molar-refractivity contribution in [1.82, 2.24) is 0 Å². The largest absolute Gasteiger partial charge is 4.00 e. The molecule has 0 heterocycles. The smallest absolute Gasteiger partial charge is 1.00 e. The molecule has 0 atom stereocenters. The van der Waals surface area contributed by atoms with E-state index in [2.05, 4.69) is 65.8 Å². The maximum Gasteiger partial charge on any atom is 4.00 e. The molecule has 0 spiro atoms. The van der Waals surface area contributed by atoms with Gasteiger partial charge < -0.3 is 24.8 Å². The second-order valence-corrected chi connectivity index (χ2v) is 6.67. The van der Waals surface area contributed by atoms with E-state index in [0.717, 1.165) is 0 Å². The zero-order chi connectivity index (χ0) is 16.5. The molecule has 140 valence electrons. The van der Waals surface area contributed by atoms with Crippen molar-refractivity contribution in [2.24, 2.45) is 0 Å². The maximum atomic E-state index is 2.31. The van der Waals surface area contributed by atoms with Gasteiger partial charge in [-0.1, -0.05) is 80.1 Å². The molecule has 0 bridgehead atoms. The minimum Gasteiger partial charge on any atom is -1.00 e. The Morgan fingerprint density at radius 2 is 1.04 bits per heavy atom.